The molecule has 0 saturated heterocycles. The number of benzene rings is 3. The number of hydrogen-bond donors (Lipinski definition) is 2. The highest BCUT2D eigenvalue weighted by atomic mass is 32.1. The summed E-state index contributed by atoms with van der Waals surface area (Å²) >= 11 is 1.42. The summed E-state index contributed by atoms with van der Waals surface area (Å²) in [6.45, 7) is 0.402. The summed E-state index contributed by atoms with van der Waals surface area (Å²) in [5.74, 6) is 1.45. The molecule has 152 valence electrons. The summed E-state index contributed by atoms with van der Waals surface area (Å²) in [4.78, 5) is 17.0. The van der Waals surface area contributed by atoms with Crippen molar-refractivity contribution < 1.29 is 14.3 Å². The summed E-state index contributed by atoms with van der Waals surface area (Å²) < 4.78 is 11.6. The quantitative estimate of drug-likeness (QED) is 0.445. The van der Waals surface area contributed by atoms with E-state index in [9.17, 15) is 4.79 Å². The van der Waals surface area contributed by atoms with Crippen LogP contribution in [0, 0.1) is 0 Å². The first-order valence-corrected chi connectivity index (χ1v) is 10.2. The van der Waals surface area contributed by atoms with Crippen LogP contribution >= 0.6 is 11.3 Å². The number of thiazole rings is 1. The second-order valence-corrected chi connectivity index (χ2v) is 7.53. The van der Waals surface area contributed by atoms with Crippen molar-refractivity contribution in [1.29, 1.82) is 0 Å². The number of methoxy groups -OCH3 is 2. The molecule has 6 nitrogen and oxygen atoms in total. The molecule has 2 amide bonds. The fourth-order valence-electron chi connectivity index (χ4n) is 3.11. The molecule has 0 bridgehead atoms. The minimum atomic E-state index is -0.315. The van der Waals surface area contributed by atoms with Crippen LogP contribution in [0.3, 0.4) is 0 Å². The highest BCUT2D eigenvalue weighted by Gasteiger charge is 2.15. The van der Waals surface area contributed by atoms with E-state index in [2.05, 4.69) is 27.8 Å². The molecule has 0 aliphatic carbocycles. The minimum Gasteiger partial charge on any atom is -0.497 e. The molecule has 7 heteroatoms. The Morgan fingerprint density at radius 2 is 1.73 bits per heavy atom. The Morgan fingerprint density at radius 1 is 0.967 bits per heavy atom. The molecule has 0 aliphatic rings. The number of fused-ring (bicyclic) bond motifs is 1. The van der Waals surface area contributed by atoms with E-state index in [4.69, 9.17) is 9.47 Å². The smallest absolute Gasteiger partial charge is 0.321 e. The highest BCUT2D eigenvalue weighted by molar-refractivity contribution is 7.23. The van der Waals surface area contributed by atoms with E-state index in [1.54, 1.807) is 14.2 Å². The molecule has 0 fully saturated rings. The largest absolute Gasteiger partial charge is 0.497 e. The molecule has 0 unspecified atom stereocenters. The lowest BCUT2D eigenvalue weighted by atomic mass is 10.1. The lowest BCUT2D eigenvalue weighted by Gasteiger charge is -2.06. The molecular weight excluding hydrogens is 398 g/mol. The molecule has 1 aromatic heterocycles. The van der Waals surface area contributed by atoms with Gasteiger partial charge in [-0.1, -0.05) is 53.8 Å². The first-order valence-electron chi connectivity index (χ1n) is 9.38. The van der Waals surface area contributed by atoms with E-state index in [-0.39, 0.29) is 6.03 Å². The van der Waals surface area contributed by atoms with Gasteiger partial charge in [0, 0.05) is 12.1 Å². The number of nitrogens with one attached hydrogen (secondary N) is 2. The van der Waals surface area contributed by atoms with Crippen LogP contribution in [0.5, 0.6) is 11.5 Å². The highest BCUT2D eigenvalue weighted by Crippen LogP contribution is 2.39. The van der Waals surface area contributed by atoms with Gasteiger partial charge in [-0.2, -0.15) is 0 Å². The number of rotatable bonds is 6. The fraction of sp³-hybridized carbons (Fsp3) is 0.130. The fourth-order valence-corrected chi connectivity index (χ4v) is 4.13. The van der Waals surface area contributed by atoms with Gasteiger partial charge in [0.05, 0.1) is 18.9 Å². The van der Waals surface area contributed by atoms with Gasteiger partial charge >= 0.3 is 6.03 Å². The van der Waals surface area contributed by atoms with Gasteiger partial charge in [-0.05, 0) is 35.4 Å². The van der Waals surface area contributed by atoms with Crippen LogP contribution in [0.1, 0.15) is 5.56 Å². The first kappa shape index (κ1) is 19.7. The summed E-state index contributed by atoms with van der Waals surface area (Å²) in [5.41, 5.74) is 3.84. The van der Waals surface area contributed by atoms with Gasteiger partial charge in [0.2, 0.25) is 0 Å². The van der Waals surface area contributed by atoms with E-state index in [0.717, 1.165) is 32.7 Å². The average molecular weight is 420 g/mol. The molecule has 4 aromatic rings. The van der Waals surface area contributed by atoms with Crippen molar-refractivity contribution in [1.82, 2.24) is 10.3 Å². The lowest BCUT2D eigenvalue weighted by Crippen LogP contribution is -2.28. The van der Waals surface area contributed by atoms with E-state index in [0.29, 0.717) is 17.4 Å². The number of amides is 2. The van der Waals surface area contributed by atoms with Crippen LogP contribution in [0.25, 0.3) is 21.3 Å². The van der Waals surface area contributed by atoms with Gasteiger partial charge in [0.25, 0.3) is 0 Å². The summed E-state index contributed by atoms with van der Waals surface area (Å²) in [7, 11) is 3.24. The Balaban J connectivity index is 1.53. The molecule has 1 heterocycles. The molecule has 0 spiro atoms. The van der Waals surface area contributed by atoms with E-state index in [1.807, 2.05) is 54.6 Å². The van der Waals surface area contributed by atoms with E-state index < -0.39 is 0 Å². The van der Waals surface area contributed by atoms with E-state index in [1.165, 1.54) is 11.3 Å². The Kier molecular flexibility index (Phi) is 5.81. The van der Waals surface area contributed by atoms with Crippen molar-refractivity contribution in [3.05, 3.63) is 72.3 Å². The monoisotopic (exact) mass is 419 g/mol. The number of carbonyl (C=O) groups is 1. The van der Waals surface area contributed by atoms with Crippen molar-refractivity contribution in [2.75, 3.05) is 19.5 Å². The molecule has 0 atom stereocenters. The van der Waals surface area contributed by atoms with Gasteiger partial charge < -0.3 is 14.8 Å². The Bertz CT molecular complexity index is 1160. The van der Waals surface area contributed by atoms with Crippen molar-refractivity contribution in [2.24, 2.45) is 0 Å². The molecular formula is C23H21N3O3S. The van der Waals surface area contributed by atoms with Gasteiger partial charge in [0.15, 0.2) is 5.13 Å². The Labute approximate surface area is 178 Å². The normalized spacial score (nSPS) is 10.6. The van der Waals surface area contributed by atoms with Crippen LogP contribution < -0.4 is 20.1 Å². The molecule has 0 radical (unpaired) electrons. The average Bonchev–Trinajstić information content (AvgIpc) is 3.21. The topological polar surface area (TPSA) is 72.5 Å². The van der Waals surface area contributed by atoms with Crippen LogP contribution in [0.2, 0.25) is 0 Å². The number of anilines is 1. The zero-order chi connectivity index (χ0) is 20.9. The zero-order valence-electron chi connectivity index (χ0n) is 16.6. The number of carbonyl (C=O) groups excluding carboxylic acids is 1. The van der Waals surface area contributed by atoms with Gasteiger partial charge in [-0.3, -0.25) is 5.32 Å². The maximum Gasteiger partial charge on any atom is 0.321 e. The number of nitrogens with zero attached hydrogens (tertiary/aromatic N) is 1. The zero-order valence-corrected chi connectivity index (χ0v) is 17.5. The predicted molar refractivity (Wildman–Crippen MR) is 120 cm³/mol. The Hall–Kier alpha value is -3.58. The van der Waals surface area contributed by atoms with Crippen molar-refractivity contribution in [2.45, 2.75) is 6.54 Å². The first-order chi connectivity index (χ1) is 14.7. The minimum absolute atomic E-state index is 0.315. The molecule has 30 heavy (non-hydrogen) atoms. The number of aromatic nitrogens is 1. The second kappa shape index (κ2) is 8.84. The lowest BCUT2D eigenvalue weighted by molar-refractivity contribution is 0.251. The second-order valence-electron chi connectivity index (χ2n) is 6.53. The standard InChI is InChI=1S/C23H21N3O3S/c1-28-17-10-8-15(9-11-17)14-24-22(27)26-23-25-20-19(29-2)13-12-18(21(20)30-23)16-6-4-3-5-7-16/h3-13H,14H2,1-2H3,(H2,24,25,26,27). The van der Waals surface area contributed by atoms with Gasteiger partial charge in [-0.25, -0.2) is 9.78 Å². The maximum atomic E-state index is 12.4. The van der Waals surface area contributed by atoms with Crippen molar-refractivity contribution in [3.8, 4) is 22.6 Å². The molecule has 3 aromatic carbocycles. The number of hydrogen-bond acceptors (Lipinski definition) is 5. The molecule has 2 N–H and O–H groups in total. The Morgan fingerprint density at radius 3 is 2.43 bits per heavy atom. The SMILES string of the molecule is COc1ccc(CNC(=O)Nc2nc3c(OC)ccc(-c4ccccc4)c3s2)cc1. The summed E-state index contributed by atoms with van der Waals surface area (Å²) in [6, 6.07) is 21.2. The number of ether oxygens (including phenoxy) is 2. The van der Waals surface area contributed by atoms with Crippen LogP contribution in [0.15, 0.2) is 66.7 Å². The molecule has 0 saturated carbocycles. The number of urea groups is 1. The summed E-state index contributed by atoms with van der Waals surface area (Å²) in [6.07, 6.45) is 0. The maximum absolute atomic E-state index is 12.4. The van der Waals surface area contributed by atoms with Crippen LogP contribution in [0.4, 0.5) is 9.93 Å². The van der Waals surface area contributed by atoms with Crippen LogP contribution in [-0.4, -0.2) is 25.2 Å². The molecule has 0 aliphatic heterocycles. The van der Waals surface area contributed by atoms with Crippen molar-refractivity contribution in [3.63, 3.8) is 0 Å². The van der Waals surface area contributed by atoms with E-state index >= 15 is 0 Å². The van der Waals surface area contributed by atoms with Gasteiger partial charge in [0.1, 0.15) is 17.0 Å². The third-order valence-electron chi connectivity index (χ3n) is 4.64. The van der Waals surface area contributed by atoms with Gasteiger partial charge in [-0.15, -0.1) is 0 Å². The van der Waals surface area contributed by atoms with Crippen molar-refractivity contribution >= 4 is 32.7 Å². The summed E-state index contributed by atoms with van der Waals surface area (Å²) in [5, 5.41) is 6.19. The van der Waals surface area contributed by atoms with Crippen LogP contribution in [-0.2, 0) is 6.54 Å². The molecule has 4 rings (SSSR count). The third-order valence-corrected chi connectivity index (χ3v) is 5.65. The third kappa shape index (κ3) is 4.21. The predicted octanol–water partition coefficient (Wildman–Crippen LogP) is 5.30.